The topological polar surface area (TPSA) is 40.6 Å². The number of urea groups is 1. The molecule has 0 aromatic heterocycles. The SMILES string of the molecule is CCCCN1CCC(=O)N(CCC(F)(F)C(F)(F)C(F)(F)C(F)(F)C(F)(F)C(F)(F)C(F)(F)C(F)(F)F)C1=O. The van der Waals surface area contributed by atoms with Gasteiger partial charge in [0.1, 0.15) is 0 Å². The van der Waals surface area contributed by atoms with Gasteiger partial charge in [-0.3, -0.25) is 9.69 Å². The highest BCUT2D eigenvalue weighted by Crippen LogP contribution is 2.64. The van der Waals surface area contributed by atoms with Gasteiger partial charge in [-0.15, -0.1) is 0 Å². The van der Waals surface area contributed by atoms with Crippen molar-refractivity contribution in [3.63, 3.8) is 0 Å². The lowest BCUT2D eigenvalue weighted by molar-refractivity contribution is -0.461. The molecule has 21 heteroatoms. The van der Waals surface area contributed by atoms with Crippen molar-refractivity contribution in [2.75, 3.05) is 19.6 Å². The quantitative estimate of drug-likeness (QED) is 0.226. The Bertz CT molecular complexity index is 916. The van der Waals surface area contributed by atoms with Crippen molar-refractivity contribution in [3.8, 4) is 0 Å². The highest BCUT2D eigenvalue weighted by molar-refractivity contribution is 5.96. The summed E-state index contributed by atoms with van der Waals surface area (Å²) in [4.78, 5) is 24.6. The van der Waals surface area contributed by atoms with E-state index in [1.165, 1.54) is 0 Å². The highest BCUT2D eigenvalue weighted by Gasteiger charge is 2.95. The maximum absolute atomic E-state index is 14.1. The number of nitrogens with zero attached hydrogens (tertiary/aromatic N) is 2. The standard InChI is InChI=1S/C18H17F17N2O2/c1-2-3-6-36-7-4-9(38)37(10(36)39)8-5-11(19,20)12(21,22)13(23,24)14(25,26)15(27,28)16(29,30)17(31,32)18(33,34)35/h2-8H2,1H3. The minimum absolute atomic E-state index is 0.109. The van der Waals surface area contributed by atoms with Crippen LogP contribution in [0.25, 0.3) is 0 Å². The number of unbranched alkanes of at least 4 members (excludes halogenated alkanes) is 1. The second kappa shape index (κ2) is 10.3. The molecule has 0 aromatic rings. The molecule has 1 heterocycles. The van der Waals surface area contributed by atoms with Gasteiger partial charge in [0.2, 0.25) is 5.91 Å². The van der Waals surface area contributed by atoms with E-state index in [4.69, 9.17) is 0 Å². The van der Waals surface area contributed by atoms with Crippen LogP contribution in [0.15, 0.2) is 0 Å². The molecular formula is C18H17F17N2O2. The first-order chi connectivity index (χ1) is 17.1. The third-order valence-corrected chi connectivity index (χ3v) is 5.62. The van der Waals surface area contributed by atoms with E-state index in [0.29, 0.717) is 6.42 Å². The fraction of sp³-hybridized carbons (Fsp3) is 0.889. The third-order valence-electron chi connectivity index (χ3n) is 5.62. The van der Waals surface area contributed by atoms with Gasteiger partial charge < -0.3 is 4.90 Å². The molecule has 0 atom stereocenters. The van der Waals surface area contributed by atoms with Crippen LogP contribution in [0.3, 0.4) is 0 Å². The fourth-order valence-corrected chi connectivity index (χ4v) is 3.12. The number of carbonyl (C=O) groups excluding carboxylic acids is 2. The molecule has 0 aromatic carbocycles. The minimum atomic E-state index is -8.71. The van der Waals surface area contributed by atoms with Gasteiger partial charge in [0, 0.05) is 32.5 Å². The van der Waals surface area contributed by atoms with E-state index in [2.05, 4.69) is 0 Å². The van der Waals surface area contributed by atoms with E-state index in [0.717, 1.165) is 4.90 Å². The van der Waals surface area contributed by atoms with Gasteiger partial charge in [0.05, 0.1) is 0 Å². The molecule has 3 amide bonds. The second-order valence-corrected chi connectivity index (χ2v) is 8.32. The summed E-state index contributed by atoms with van der Waals surface area (Å²) in [5.41, 5.74) is 0. The van der Waals surface area contributed by atoms with Crippen LogP contribution in [0.4, 0.5) is 79.4 Å². The Morgan fingerprint density at radius 2 is 1.03 bits per heavy atom. The number of hydrogen-bond acceptors (Lipinski definition) is 2. The number of carbonyl (C=O) groups is 2. The van der Waals surface area contributed by atoms with E-state index < -0.39 is 79.0 Å². The third kappa shape index (κ3) is 5.29. The number of rotatable bonds is 12. The maximum atomic E-state index is 14.1. The van der Waals surface area contributed by atoms with Gasteiger partial charge in [0.15, 0.2) is 0 Å². The van der Waals surface area contributed by atoms with E-state index in [1.54, 1.807) is 6.92 Å². The number of imide groups is 1. The smallest absolute Gasteiger partial charge is 0.324 e. The van der Waals surface area contributed by atoms with Gasteiger partial charge in [-0.1, -0.05) is 13.3 Å². The Hall–Kier alpha value is -2.25. The molecule has 0 aliphatic carbocycles. The lowest BCUT2D eigenvalue weighted by atomic mass is 9.88. The maximum Gasteiger partial charge on any atom is 0.460 e. The molecule has 0 saturated carbocycles. The van der Waals surface area contributed by atoms with Gasteiger partial charge in [-0.05, 0) is 6.42 Å². The second-order valence-electron chi connectivity index (χ2n) is 8.32. The summed E-state index contributed by atoms with van der Waals surface area (Å²) < 4.78 is 226. The number of hydrogen-bond donors (Lipinski definition) is 0. The molecule has 0 spiro atoms. The van der Waals surface area contributed by atoms with Crippen LogP contribution < -0.4 is 0 Å². The van der Waals surface area contributed by atoms with Crippen molar-refractivity contribution in [2.24, 2.45) is 0 Å². The molecule has 39 heavy (non-hydrogen) atoms. The van der Waals surface area contributed by atoms with E-state index in [-0.39, 0.29) is 24.4 Å². The molecule has 0 bridgehead atoms. The molecule has 1 saturated heterocycles. The Morgan fingerprint density at radius 1 is 0.615 bits per heavy atom. The van der Waals surface area contributed by atoms with Gasteiger partial charge in [-0.25, -0.2) is 4.79 Å². The highest BCUT2D eigenvalue weighted by atomic mass is 19.4. The Kier molecular flexibility index (Phi) is 9.18. The summed E-state index contributed by atoms with van der Waals surface area (Å²) in [5, 5.41) is 0. The first kappa shape index (κ1) is 34.8. The van der Waals surface area contributed by atoms with Crippen molar-refractivity contribution < 1.29 is 84.2 Å². The molecular weight excluding hydrogens is 599 g/mol. The minimum Gasteiger partial charge on any atom is -0.324 e. The fourth-order valence-electron chi connectivity index (χ4n) is 3.12. The molecule has 230 valence electrons. The predicted molar refractivity (Wildman–Crippen MR) is 93.5 cm³/mol. The molecule has 1 aliphatic rings. The zero-order valence-corrected chi connectivity index (χ0v) is 19.1. The zero-order chi connectivity index (χ0) is 31.3. The Morgan fingerprint density at radius 3 is 1.44 bits per heavy atom. The lowest BCUT2D eigenvalue weighted by Gasteiger charge is -2.43. The average Bonchev–Trinajstić information content (AvgIpc) is 2.76. The largest absolute Gasteiger partial charge is 0.460 e. The molecule has 1 rings (SSSR count). The first-order valence-corrected chi connectivity index (χ1v) is 10.4. The summed E-state index contributed by atoms with van der Waals surface area (Å²) >= 11 is 0. The van der Waals surface area contributed by atoms with Crippen molar-refractivity contribution >= 4 is 11.9 Å². The summed E-state index contributed by atoms with van der Waals surface area (Å²) in [6, 6.07) is -1.42. The van der Waals surface area contributed by atoms with Crippen LogP contribution in [-0.4, -0.2) is 89.0 Å². The van der Waals surface area contributed by atoms with Crippen molar-refractivity contribution in [1.29, 1.82) is 0 Å². The Balaban J connectivity index is 3.38. The van der Waals surface area contributed by atoms with Crippen LogP contribution in [0.2, 0.25) is 0 Å². The lowest BCUT2D eigenvalue weighted by Crippen LogP contribution is -2.74. The van der Waals surface area contributed by atoms with Crippen LogP contribution in [0, 0.1) is 0 Å². The summed E-state index contributed by atoms with van der Waals surface area (Å²) in [6.45, 7) is -0.707. The molecule has 0 unspecified atom stereocenters. The summed E-state index contributed by atoms with van der Waals surface area (Å²) in [5.74, 6) is -58.4. The molecule has 4 nitrogen and oxygen atoms in total. The molecule has 0 N–H and O–H groups in total. The number of amides is 3. The monoisotopic (exact) mass is 616 g/mol. The van der Waals surface area contributed by atoms with Gasteiger partial charge in [-0.2, -0.15) is 74.6 Å². The van der Waals surface area contributed by atoms with E-state index in [9.17, 15) is 84.2 Å². The van der Waals surface area contributed by atoms with Crippen LogP contribution in [-0.2, 0) is 4.79 Å². The van der Waals surface area contributed by atoms with Crippen molar-refractivity contribution in [1.82, 2.24) is 9.80 Å². The normalized spacial score (nSPS) is 17.8. The zero-order valence-electron chi connectivity index (χ0n) is 19.1. The molecule has 1 fully saturated rings. The van der Waals surface area contributed by atoms with Crippen molar-refractivity contribution in [2.45, 2.75) is 80.2 Å². The van der Waals surface area contributed by atoms with Gasteiger partial charge >= 0.3 is 53.7 Å². The van der Waals surface area contributed by atoms with E-state index in [1.807, 2.05) is 0 Å². The van der Waals surface area contributed by atoms with Gasteiger partial charge in [0.25, 0.3) is 0 Å². The van der Waals surface area contributed by atoms with Crippen LogP contribution in [0.5, 0.6) is 0 Å². The van der Waals surface area contributed by atoms with Crippen LogP contribution >= 0.6 is 0 Å². The first-order valence-electron chi connectivity index (χ1n) is 10.4. The number of alkyl halides is 17. The van der Waals surface area contributed by atoms with Crippen molar-refractivity contribution in [3.05, 3.63) is 0 Å². The van der Waals surface area contributed by atoms with E-state index >= 15 is 0 Å². The summed E-state index contributed by atoms with van der Waals surface area (Å²) in [6.07, 6.45) is -10.6. The molecule has 1 aliphatic heterocycles. The van der Waals surface area contributed by atoms with Crippen LogP contribution in [0.1, 0.15) is 32.6 Å². The Labute approximate surface area is 207 Å². The average molecular weight is 616 g/mol. The predicted octanol–water partition coefficient (Wildman–Crippen LogP) is 6.84. The number of halogens is 17. The molecule has 0 radical (unpaired) electrons. The summed E-state index contributed by atoms with van der Waals surface area (Å²) in [7, 11) is 0.